The molecule has 27 heavy (non-hydrogen) atoms. The third-order valence-corrected chi connectivity index (χ3v) is 4.93. The Balaban J connectivity index is 1.73. The van der Waals surface area contributed by atoms with Crippen molar-refractivity contribution in [2.75, 3.05) is 19.8 Å². The lowest BCUT2D eigenvalue weighted by Gasteiger charge is -2.33. The summed E-state index contributed by atoms with van der Waals surface area (Å²) in [5, 5.41) is 0.869. The number of nitrogens with two attached hydrogens (primary N) is 1. The fraction of sp³-hybridized carbons (Fsp3) is 0.238. The van der Waals surface area contributed by atoms with Crippen LogP contribution in [0.3, 0.4) is 0 Å². The van der Waals surface area contributed by atoms with E-state index >= 15 is 0 Å². The molecule has 2 amide bonds. The van der Waals surface area contributed by atoms with Crippen molar-refractivity contribution in [1.82, 2.24) is 9.47 Å². The van der Waals surface area contributed by atoms with Crippen LogP contribution in [0.5, 0.6) is 0 Å². The SMILES string of the molecule is NC(=O)[C@H]1COCCN1C(=O)c1cn(Cc2ccccc2)c2ccccc12. The number of nitrogens with zero attached hydrogens (tertiary/aromatic N) is 2. The van der Waals surface area contributed by atoms with Crippen molar-refractivity contribution < 1.29 is 14.3 Å². The van der Waals surface area contributed by atoms with Crippen molar-refractivity contribution in [2.45, 2.75) is 12.6 Å². The summed E-state index contributed by atoms with van der Waals surface area (Å²) in [5.74, 6) is -0.735. The van der Waals surface area contributed by atoms with Gasteiger partial charge in [-0.3, -0.25) is 9.59 Å². The van der Waals surface area contributed by atoms with Gasteiger partial charge in [0.2, 0.25) is 5.91 Å². The maximum absolute atomic E-state index is 13.2. The van der Waals surface area contributed by atoms with Crippen molar-refractivity contribution in [3.05, 3.63) is 71.9 Å². The molecule has 1 aliphatic heterocycles. The van der Waals surface area contributed by atoms with E-state index in [-0.39, 0.29) is 12.5 Å². The molecular formula is C21H21N3O3. The Morgan fingerprint density at radius 2 is 1.81 bits per heavy atom. The van der Waals surface area contributed by atoms with E-state index in [1.54, 1.807) is 0 Å². The van der Waals surface area contributed by atoms with Gasteiger partial charge in [-0.1, -0.05) is 48.5 Å². The lowest BCUT2D eigenvalue weighted by Crippen LogP contribution is -2.54. The molecule has 1 aromatic heterocycles. The first kappa shape index (κ1) is 17.3. The van der Waals surface area contributed by atoms with Crippen LogP contribution in [0, 0.1) is 0 Å². The second-order valence-electron chi connectivity index (χ2n) is 6.67. The summed E-state index contributed by atoms with van der Waals surface area (Å²) in [6, 6.07) is 17.2. The number of ether oxygens (including phenoxy) is 1. The molecule has 1 saturated heterocycles. The van der Waals surface area contributed by atoms with Crippen LogP contribution in [-0.4, -0.2) is 47.1 Å². The minimum Gasteiger partial charge on any atom is -0.377 e. The Hall–Kier alpha value is -3.12. The van der Waals surface area contributed by atoms with E-state index in [1.165, 1.54) is 4.90 Å². The van der Waals surface area contributed by atoms with Gasteiger partial charge in [0, 0.05) is 30.2 Å². The first-order valence-corrected chi connectivity index (χ1v) is 8.95. The Labute approximate surface area is 157 Å². The zero-order chi connectivity index (χ0) is 18.8. The molecule has 1 fully saturated rings. The van der Waals surface area contributed by atoms with Crippen molar-refractivity contribution in [1.29, 1.82) is 0 Å². The summed E-state index contributed by atoms with van der Waals surface area (Å²) in [6.45, 7) is 1.56. The van der Waals surface area contributed by atoms with Gasteiger partial charge in [0.1, 0.15) is 6.04 Å². The molecule has 0 bridgehead atoms. The number of primary amides is 1. The second-order valence-corrected chi connectivity index (χ2v) is 6.67. The summed E-state index contributed by atoms with van der Waals surface area (Å²) in [4.78, 5) is 26.5. The summed E-state index contributed by atoms with van der Waals surface area (Å²) < 4.78 is 7.40. The van der Waals surface area contributed by atoms with Crippen molar-refractivity contribution in [3.8, 4) is 0 Å². The molecule has 0 unspecified atom stereocenters. The summed E-state index contributed by atoms with van der Waals surface area (Å²) in [7, 11) is 0. The largest absolute Gasteiger partial charge is 0.377 e. The van der Waals surface area contributed by atoms with Crippen molar-refractivity contribution in [2.24, 2.45) is 5.73 Å². The van der Waals surface area contributed by atoms with Crippen LogP contribution in [0.2, 0.25) is 0 Å². The fourth-order valence-electron chi connectivity index (χ4n) is 3.57. The molecule has 6 heteroatoms. The predicted molar refractivity (Wildman–Crippen MR) is 102 cm³/mol. The lowest BCUT2D eigenvalue weighted by molar-refractivity contribution is -0.127. The van der Waals surface area contributed by atoms with Crippen LogP contribution in [0.1, 0.15) is 15.9 Å². The Kier molecular flexibility index (Phi) is 4.64. The number of hydrogen-bond acceptors (Lipinski definition) is 3. The average Bonchev–Trinajstić information content (AvgIpc) is 3.07. The molecule has 6 nitrogen and oxygen atoms in total. The Morgan fingerprint density at radius 1 is 1.07 bits per heavy atom. The normalized spacial score (nSPS) is 17.2. The first-order valence-electron chi connectivity index (χ1n) is 8.95. The van der Waals surface area contributed by atoms with Gasteiger partial charge in [-0.2, -0.15) is 0 Å². The van der Waals surface area contributed by atoms with Gasteiger partial charge in [-0.05, 0) is 11.6 Å². The highest BCUT2D eigenvalue weighted by atomic mass is 16.5. The number of aromatic nitrogens is 1. The van der Waals surface area contributed by atoms with E-state index in [1.807, 2.05) is 48.7 Å². The van der Waals surface area contributed by atoms with Crippen molar-refractivity contribution in [3.63, 3.8) is 0 Å². The standard InChI is InChI=1S/C21H21N3O3/c22-20(25)19-14-27-11-10-24(19)21(26)17-13-23(12-15-6-2-1-3-7-15)18-9-5-4-8-16(17)18/h1-9,13,19H,10-12,14H2,(H2,22,25)/t19-/m1/s1. The monoisotopic (exact) mass is 363 g/mol. The van der Waals surface area contributed by atoms with Crippen molar-refractivity contribution >= 4 is 22.7 Å². The molecular weight excluding hydrogens is 342 g/mol. The molecule has 2 N–H and O–H groups in total. The molecule has 0 saturated carbocycles. The van der Waals surface area contributed by atoms with E-state index in [4.69, 9.17) is 10.5 Å². The molecule has 2 heterocycles. The number of benzene rings is 2. The van der Waals surface area contributed by atoms with E-state index in [0.29, 0.717) is 25.3 Å². The van der Waals surface area contributed by atoms with E-state index in [2.05, 4.69) is 16.7 Å². The van der Waals surface area contributed by atoms with E-state index in [0.717, 1.165) is 16.5 Å². The van der Waals surface area contributed by atoms with Gasteiger partial charge < -0.3 is 19.9 Å². The molecule has 4 rings (SSSR count). The number of amides is 2. The number of para-hydroxylation sites is 1. The molecule has 138 valence electrons. The number of fused-ring (bicyclic) bond motifs is 1. The lowest BCUT2D eigenvalue weighted by atomic mass is 10.1. The van der Waals surface area contributed by atoms with Crippen LogP contribution in [0.25, 0.3) is 10.9 Å². The highest BCUT2D eigenvalue weighted by molar-refractivity contribution is 6.08. The van der Waals surface area contributed by atoms with E-state index < -0.39 is 11.9 Å². The average molecular weight is 363 g/mol. The number of hydrogen-bond donors (Lipinski definition) is 1. The van der Waals surface area contributed by atoms with Gasteiger partial charge in [-0.15, -0.1) is 0 Å². The zero-order valence-corrected chi connectivity index (χ0v) is 14.9. The summed E-state index contributed by atoms with van der Waals surface area (Å²) in [6.07, 6.45) is 1.87. The molecule has 1 atom stereocenters. The molecule has 0 radical (unpaired) electrons. The van der Waals surface area contributed by atoms with Crippen LogP contribution >= 0.6 is 0 Å². The first-order chi connectivity index (χ1) is 13.1. The molecule has 1 aliphatic rings. The number of carbonyl (C=O) groups excluding carboxylic acids is 2. The van der Waals surface area contributed by atoms with Gasteiger partial charge in [-0.25, -0.2) is 0 Å². The Morgan fingerprint density at radius 3 is 2.59 bits per heavy atom. The number of carbonyl (C=O) groups is 2. The maximum Gasteiger partial charge on any atom is 0.256 e. The highest BCUT2D eigenvalue weighted by Gasteiger charge is 2.33. The molecule has 2 aromatic carbocycles. The number of rotatable bonds is 4. The Bertz CT molecular complexity index is 981. The molecule has 0 spiro atoms. The van der Waals surface area contributed by atoms with Gasteiger partial charge in [0.15, 0.2) is 0 Å². The van der Waals surface area contributed by atoms with E-state index in [9.17, 15) is 9.59 Å². The predicted octanol–water partition coefficient (Wildman–Crippen LogP) is 2.02. The van der Waals surface area contributed by atoms with Crippen LogP contribution < -0.4 is 5.73 Å². The molecule has 0 aliphatic carbocycles. The smallest absolute Gasteiger partial charge is 0.256 e. The summed E-state index contributed by atoms with van der Waals surface area (Å²) >= 11 is 0. The fourth-order valence-corrected chi connectivity index (χ4v) is 3.57. The number of morpholine rings is 1. The quantitative estimate of drug-likeness (QED) is 0.770. The second kappa shape index (κ2) is 7.25. The zero-order valence-electron chi connectivity index (χ0n) is 14.9. The molecule has 3 aromatic rings. The third kappa shape index (κ3) is 3.31. The highest BCUT2D eigenvalue weighted by Crippen LogP contribution is 2.25. The maximum atomic E-state index is 13.2. The van der Waals surface area contributed by atoms with Gasteiger partial charge >= 0.3 is 0 Å². The van der Waals surface area contributed by atoms with Gasteiger partial charge in [0.25, 0.3) is 5.91 Å². The third-order valence-electron chi connectivity index (χ3n) is 4.93. The summed E-state index contributed by atoms with van der Waals surface area (Å²) in [5.41, 5.74) is 8.19. The van der Waals surface area contributed by atoms with Crippen LogP contribution in [0.4, 0.5) is 0 Å². The van der Waals surface area contributed by atoms with Crippen LogP contribution in [0.15, 0.2) is 60.8 Å². The van der Waals surface area contributed by atoms with Gasteiger partial charge in [0.05, 0.1) is 18.8 Å². The minimum absolute atomic E-state index is 0.143. The minimum atomic E-state index is -0.734. The van der Waals surface area contributed by atoms with Crippen LogP contribution in [-0.2, 0) is 16.1 Å². The topological polar surface area (TPSA) is 77.6 Å².